The van der Waals surface area contributed by atoms with Crippen LogP contribution in [0.5, 0.6) is 5.88 Å². The molecule has 0 spiro atoms. The number of nitrogens with zero attached hydrogens (tertiary/aromatic N) is 3. The van der Waals surface area contributed by atoms with Crippen LogP contribution in [0, 0.1) is 6.92 Å². The van der Waals surface area contributed by atoms with Crippen LogP contribution in [-0.4, -0.2) is 22.1 Å². The number of pyridine rings is 1. The Balaban J connectivity index is 2.10. The Kier molecular flexibility index (Phi) is 3.57. The van der Waals surface area contributed by atoms with E-state index in [0.717, 1.165) is 11.5 Å². The second kappa shape index (κ2) is 5.31. The Hall–Kier alpha value is -2.37. The van der Waals surface area contributed by atoms with Crippen molar-refractivity contribution in [1.82, 2.24) is 15.0 Å². The standard InChI is InChI=1S/C12H15N5O/c1-8-14-6-5-9(16-8)7-15-12-10(13)3-4-11(17-12)18-2/h3-6H,7,13H2,1-2H3,(H,15,17). The van der Waals surface area contributed by atoms with E-state index in [9.17, 15) is 0 Å². The molecule has 0 unspecified atom stereocenters. The van der Waals surface area contributed by atoms with E-state index in [4.69, 9.17) is 10.5 Å². The second-order valence-electron chi connectivity index (χ2n) is 3.74. The number of aromatic nitrogens is 3. The molecule has 6 nitrogen and oxygen atoms in total. The highest BCUT2D eigenvalue weighted by Crippen LogP contribution is 2.19. The molecule has 0 saturated heterocycles. The van der Waals surface area contributed by atoms with Crippen molar-refractivity contribution in [2.45, 2.75) is 13.5 Å². The molecule has 2 rings (SSSR count). The highest BCUT2D eigenvalue weighted by Gasteiger charge is 2.03. The highest BCUT2D eigenvalue weighted by atomic mass is 16.5. The third kappa shape index (κ3) is 2.85. The summed E-state index contributed by atoms with van der Waals surface area (Å²) >= 11 is 0. The van der Waals surface area contributed by atoms with Gasteiger partial charge < -0.3 is 15.8 Å². The van der Waals surface area contributed by atoms with Crippen LogP contribution < -0.4 is 15.8 Å². The first-order valence-electron chi connectivity index (χ1n) is 5.52. The fraction of sp³-hybridized carbons (Fsp3) is 0.250. The van der Waals surface area contributed by atoms with Crippen LogP contribution in [0.15, 0.2) is 24.4 Å². The number of nitrogens with two attached hydrogens (primary N) is 1. The van der Waals surface area contributed by atoms with Gasteiger partial charge in [-0.3, -0.25) is 0 Å². The van der Waals surface area contributed by atoms with E-state index in [1.807, 2.05) is 13.0 Å². The molecule has 2 aromatic heterocycles. The number of methoxy groups -OCH3 is 1. The minimum Gasteiger partial charge on any atom is -0.481 e. The van der Waals surface area contributed by atoms with E-state index >= 15 is 0 Å². The van der Waals surface area contributed by atoms with Gasteiger partial charge in [0, 0.05) is 12.3 Å². The van der Waals surface area contributed by atoms with Crippen LogP contribution in [0.3, 0.4) is 0 Å². The quantitative estimate of drug-likeness (QED) is 0.846. The van der Waals surface area contributed by atoms with E-state index in [1.165, 1.54) is 0 Å². The third-order valence-electron chi connectivity index (χ3n) is 2.38. The van der Waals surface area contributed by atoms with Gasteiger partial charge in [-0.05, 0) is 19.1 Å². The van der Waals surface area contributed by atoms with E-state index in [2.05, 4.69) is 20.3 Å². The highest BCUT2D eigenvalue weighted by molar-refractivity contribution is 5.61. The summed E-state index contributed by atoms with van der Waals surface area (Å²) in [7, 11) is 1.57. The molecule has 0 saturated carbocycles. The van der Waals surface area contributed by atoms with Crippen molar-refractivity contribution in [2.24, 2.45) is 0 Å². The fourth-order valence-corrected chi connectivity index (χ4v) is 1.49. The maximum Gasteiger partial charge on any atom is 0.215 e. The number of nitrogen functional groups attached to an aromatic ring is 1. The van der Waals surface area contributed by atoms with Crippen molar-refractivity contribution < 1.29 is 4.74 Å². The maximum absolute atomic E-state index is 5.82. The molecule has 0 aliphatic carbocycles. The van der Waals surface area contributed by atoms with Gasteiger partial charge in [-0.2, -0.15) is 4.98 Å². The molecule has 0 atom stereocenters. The van der Waals surface area contributed by atoms with E-state index in [1.54, 1.807) is 25.4 Å². The van der Waals surface area contributed by atoms with Gasteiger partial charge in [0.2, 0.25) is 5.88 Å². The Bertz CT molecular complexity index is 544. The molecule has 0 fully saturated rings. The van der Waals surface area contributed by atoms with Gasteiger partial charge in [-0.25, -0.2) is 9.97 Å². The average molecular weight is 245 g/mol. The van der Waals surface area contributed by atoms with Crippen LogP contribution in [0.25, 0.3) is 0 Å². The first-order valence-corrected chi connectivity index (χ1v) is 5.52. The number of nitrogens with one attached hydrogen (secondary N) is 1. The number of ether oxygens (including phenoxy) is 1. The van der Waals surface area contributed by atoms with Gasteiger partial charge in [0.25, 0.3) is 0 Å². The predicted octanol–water partition coefficient (Wildman–Crippen LogP) is 1.38. The summed E-state index contributed by atoms with van der Waals surface area (Å²) in [5, 5.41) is 3.12. The molecule has 2 aromatic rings. The van der Waals surface area contributed by atoms with Crippen molar-refractivity contribution in [3.8, 4) is 5.88 Å². The molecule has 0 aliphatic heterocycles. The second-order valence-corrected chi connectivity index (χ2v) is 3.74. The molecule has 18 heavy (non-hydrogen) atoms. The Morgan fingerprint density at radius 1 is 1.28 bits per heavy atom. The smallest absolute Gasteiger partial charge is 0.215 e. The van der Waals surface area contributed by atoms with Gasteiger partial charge in [0.1, 0.15) is 5.82 Å². The molecule has 3 N–H and O–H groups in total. The summed E-state index contributed by atoms with van der Waals surface area (Å²) in [6, 6.07) is 5.31. The first kappa shape index (κ1) is 12.1. The Labute approximate surface area is 105 Å². The maximum atomic E-state index is 5.82. The summed E-state index contributed by atoms with van der Waals surface area (Å²) < 4.78 is 5.05. The average Bonchev–Trinajstić information content (AvgIpc) is 2.38. The molecule has 2 heterocycles. The van der Waals surface area contributed by atoms with Gasteiger partial charge in [0.15, 0.2) is 5.82 Å². The zero-order valence-corrected chi connectivity index (χ0v) is 10.3. The van der Waals surface area contributed by atoms with Crippen LogP contribution >= 0.6 is 0 Å². The number of hydrogen-bond acceptors (Lipinski definition) is 6. The molecule has 0 aliphatic rings. The fourth-order valence-electron chi connectivity index (χ4n) is 1.49. The predicted molar refractivity (Wildman–Crippen MR) is 69.3 cm³/mol. The van der Waals surface area contributed by atoms with Gasteiger partial charge in [-0.1, -0.05) is 0 Å². The SMILES string of the molecule is COc1ccc(N)c(NCc2ccnc(C)n2)n1. The monoisotopic (exact) mass is 245 g/mol. The van der Waals surface area contributed by atoms with Crippen molar-refractivity contribution in [3.63, 3.8) is 0 Å². The topological polar surface area (TPSA) is 86.0 Å². The summed E-state index contributed by atoms with van der Waals surface area (Å²) in [5.74, 6) is 1.84. The molecule has 6 heteroatoms. The molecule has 0 bridgehead atoms. The van der Waals surface area contributed by atoms with Crippen molar-refractivity contribution in [1.29, 1.82) is 0 Å². The molecular formula is C12H15N5O. The van der Waals surface area contributed by atoms with E-state index in [0.29, 0.717) is 23.9 Å². The van der Waals surface area contributed by atoms with Crippen LogP contribution in [0.4, 0.5) is 11.5 Å². The van der Waals surface area contributed by atoms with Crippen LogP contribution in [0.1, 0.15) is 11.5 Å². The van der Waals surface area contributed by atoms with E-state index < -0.39 is 0 Å². The zero-order valence-electron chi connectivity index (χ0n) is 10.3. The minimum atomic E-state index is 0.519. The first-order chi connectivity index (χ1) is 8.69. The summed E-state index contributed by atoms with van der Waals surface area (Å²) in [4.78, 5) is 12.6. The number of hydrogen-bond donors (Lipinski definition) is 2. The Morgan fingerprint density at radius 3 is 2.83 bits per heavy atom. The molecule has 94 valence electrons. The summed E-state index contributed by atoms with van der Waals surface area (Å²) in [5.41, 5.74) is 7.28. The molecular weight excluding hydrogens is 230 g/mol. The largest absolute Gasteiger partial charge is 0.481 e. The summed E-state index contributed by atoms with van der Waals surface area (Å²) in [6.45, 7) is 2.38. The lowest BCUT2D eigenvalue weighted by atomic mass is 10.3. The number of aryl methyl sites for hydroxylation is 1. The van der Waals surface area contributed by atoms with Crippen molar-refractivity contribution in [2.75, 3.05) is 18.2 Å². The van der Waals surface area contributed by atoms with Crippen molar-refractivity contribution >= 4 is 11.5 Å². The number of rotatable bonds is 4. The number of anilines is 2. The van der Waals surface area contributed by atoms with Crippen LogP contribution in [-0.2, 0) is 6.54 Å². The van der Waals surface area contributed by atoms with E-state index in [-0.39, 0.29) is 0 Å². The van der Waals surface area contributed by atoms with Crippen LogP contribution in [0.2, 0.25) is 0 Å². The molecule has 0 aromatic carbocycles. The lowest BCUT2D eigenvalue weighted by Crippen LogP contribution is -2.07. The van der Waals surface area contributed by atoms with Gasteiger partial charge in [0.05, 0.1) is 25.0 Å². The van der Waals surface area contributed by atoms with Crippen molar-refractivity contribution in [3.05, 3.63) is 35.9 Å². The van der Waals surface area contributed by atoms with Gasteiger partial charge in [-0.15, -0.1) is 0 Å². The lowest BCUT2D eigenvalue weighted by Gasteiger charge is -2.09. The third-order valence-corrected chi connectivity index (χ3v) is 2.38. The molecule has 0 amide bonds. The molecule has 0 radical (unpaired) electrons. The lowest BCUT2D eigenvalue weighted by molar-refractivity contribution is 0.398. The Morgan fingerprint density at radius 2 is 2.11 bits per heavy atom. The minimum absolute atomic E-state index is 0.519. The summed E-state index contributed by atoms with van der Waals surface area (Å²) in [6.07, 6.45) is 1.72. The van der Waals surface area contributed by atoms with Gasteiger partial charge >= 0.3 is 0 Å². The normalized spacial score (nSPS) is 10.1. The zero-order chi connectivity index (χ0) is 13.0.